The summed E-state index contributed by atoms with van der Waals surface area (Å²) < 4.78 is 0. The van der Waals surface area contributed by atoms with Crippen molar-refractivity contribution in [3.63, 3.8) is 0 Å². The number of aromatic nitrogens is 1. The van der Waals surface area contributed by atoms with Crippen molar-refractivity contribution in [1.29, 1.82) is 0 Å². The number of aryl methyl sites for hydroxylation is 1. The normalized spacial score (nSPS) is 22.5. The maximum atomic E-state index is 6.15. The molecule has 182 valence electrons. The molecule has 4 aromatic rings. The summed E-state index contributed by atoms with van der Waals surface area (Å²) in [5, 5.41) is 5.09. The zero-order valence-corrected chi connectivity index (χ0v) is 21.0. The molecule has 0 unspecified atom stereocenters. The molecule has 3 nitrogen and oxygen atoms in total. The lowest BCUT2D eigenvalue weighted by molar-refractivity contribution is 0.156. The van der Waals surface area contributed by atoms with Crippen LogP contribution in [0.1, 0.15) is 60.9 Å². The molecule has 4 N–H and O–H groups in total. The Labute approximate surface area is 210 Å². The largest absolute Gasteiger partial charge is 0.358 e. The van der Waals surface area contributed by atoms with Crippen LogP contribution in [0.15, 0.2) is 84.9 Å². The van der Waals surface area contributed by atoms with Crippen molar-refractivity contribution in [3.05, 3.63) is 107 Å². The highest BCUT2D eigenvalue weighted by Crippen LogP contribution is 2.51. The molecule has 1 heterocycles. The average molecular weight is 466 g/mol. The molecule has 0 amide bonds. The number of para-hydroxylation sites is 1. The highest BCUT2D eigenvalue weighted by atomic mass is 14.9. The van der Waals surface area contributed by atoms with Crippen LogP contribution >= 0.6 is 0 Å². The van der Waals surface area contributed by atoms with Gasteiger partial charge in [0.25, 0.3) is 0 Å². The number of H-pyrrole nitrogens is 1. The van der Waals surface area contributed by atoms with Crippen molar-refractivity contribution < 1.29 is 0 Å². The quantitative estimate of drug-likeness (QED) is 0.260. The van der Waals surface area contributed by atoms with Gasteiger partial charge in [0.2, 0.25) is 0 Å². The van der Waals surface area contributed by atoms with Crippen LogP contribution in [-0.2, 0) is 23.8 Å². The van der Waals surface area contributed by atoms with Crippen LogP contribution in [0.3, 0.4) is 0 Å². The molecule has 0 spiro atoms. The number of aromatic amines is 1. The second-order valence-electron chi connectivity index (χ2n) is 10.4. The van der Waals surface area contributed by atoms with Crippen molar-refractivity contribution in [2.75, 3.05) is 13.6 Å². The van der Waals surface area contributed by atoms with Crippen molar-refractivity contribution in [2.24, 2.45) is 5.73 Å². The smallest absolute Gasteiger partial charge is 0.0459 e. The van der Waals surface area contributed by atoms with E-state index in [-0.39, 0.29) is 11.0 Å². The first-order chi connectivity index (χ1) is 17.2. The third-order valence-corrected chi connectivity index (χ3v) is 8.57. The molecule has 0 atom stereocenters. The molecule has 0 radical (unpaired) electrons. The molecule has 1 saturated carbocycles. The monoisotopic (exact) mass is 465 g/mol. The predicted octanol–water partition coefficient (Wildman–Crippen LogP) is 6.62. The van der Waals surface area contributed by atoms with E-state index >= 15 is 0 Å². The number of nitrogens with one attached hydrogen (secondary N) is 2. The molecule has 1 fully saturated rings. The van der Waals surface area contributed by atoms with E-state index in [1.54, 1.807) is 0 Å². The Balaban J connectivity index is 1.50. The van der Waals surface area contributed by atoms with E-state index in [4.69, 9.17) is 5.73 Å². The number of rotatable bonds is 9. The summed E-state index contributed by atoms with van der Waals surface area (Å²) in [7, 11) is 2.14. The number of nitrogens with two attached hydrogens (primary N) is 1. The van der Waals surface area contributed by atoms with E-state index in [9.17, 15) is 0 Å². The van der Waals surface area contributed by atoms with Crippen molar-refractivity contribution >= 4 is 10.9 Å². The summed E-state index contributed by atoms with van der Waals surface area (Å²) in [5.41, 5.74) is 13.3. The highest BCUT2D eigenvalue weighted by Gasteiger charge is 2.45. The van der Waals surface area contributed by atoms with Crippen LogP contribution in [0.5, 0.6) is 0 Å². The summed E-state index contributed by atoms with van der Waals surface area (Å²) in [6.07, 6.45) is 9.05. The molecule has 0 saturated heterocycles. The van der Waals surface area contributed by atoms with Gasteiger partial charge >= 0.3 is 0 Å². The highest BCUT2D eigenvalue weighted by molar-refractivity contribution is 5.85. The van der Waals surface area contributed by atoms with E-state index in [2.05, 4.69) is 102 Å². The number of hydrogen-bond donors (Lipinski definition) is 3. The first-order valence-corrected chi connectivity index (χ1v) is 13.3. The van der Waals surface area contributed by atoms with Crippen LogP contribution in [0, 0.1) is 0 Å². The molecular weight excluding hydrogens is 426 g/mol. The Kier molecular flexibility index (Phi) is 7.08. The molecule has 35 heavy (non-hydrogen) atoms. The minimum absolute atomic E-state index is 0.0459. The summed E-state index contributed by atoms with van der Waals surface area (Å²) in [4.78, 5) is 3.92. The summed E-state index contributed by atoms with van der Waals surface area (Å²) in [5.74, 6) is 0. The standard InChI is InChI=1S/C32H39N3/c1-34-32(26-14-6-3-7-15-26)22-20-31(21-23-32,19-10-13-25-11-4-2-5-12-25)30-28(18-24-33)27-16-8-9-17-29(27)35-30/h2-9,11-12,14-17,34-35H,10,13,18-24,33H2,1H3. The number of hydrogen-bond acceptors (Lipinski definition) is 2. The second kappa shape index (κ2) is 10.4. The van der Waals surface area contributed by atoms with Gasteiger partial charge in [-0.1, -0.05) is 78.9 Å². The van der Waals surface area contributed by atoms with Gasteiger partial charge in [-0.2, -0.15) is 0 Å². The van der Waals surface area contributed by atoms with Gasteiger partial charge in [-0.05, 0) is 87.7 Å². The first kappa shape index (κ1) is 23.8. The topological polar surface area (TPSA) is 53.8 Å². The number of fused-ring (bicyclic) bond motifs is 1. The summed E-state index contributed by atoms with van der Waals surface area (Å²) in [6, 6.07) is 30.8. The Morgan fingerprint density at radius 3 is 2.14 bits per heavy atom. The lowest BCUT2D eigenvalue weighted by Crippen LogP contribution is -2.47. The van der Waals surface area contributed by atoms with Gasteiger partial charge in [-0.25, -0.2) is 0 Å². The maximum absolute atomic E-state index is 6.15. The fourth-order valence-corrected chi connectivity index (χ4v) is 6.55. The van der Waals surface area contributed by atoms with Crippen LogP contribution in [0.4, 0.5) is 0 Å². The molecule has 0 aliphatic heterocycles. The molecule has 3 aromatic carbocycles. The molecule has 1 aliphatic carbocycles. The Morgan fingerprint density at radius 2 is 1.46 bits per heavy atom. The van der Waals surface area contributed by atoms with Crippen molar-refractivity contribution in [2.45, 2.75) is 62.3 Å². The molecule has 5 rings (SSSR count). The average Bonchev–Trinajstić information content (AvgIpc) is 3.30. The minimum Gasteiger partial charge on any atom is -0.358 e. The van der Waals surface area contributed by atoms with Gasteiger partial charge in [0.05, 0.1) is 0 Å². The fourth-order valence-electron chi connectivity index (χ4n) is 6.55. The third kappa shape index (κ3) is 4.68. The Hall–Kier alpha value is -2.88. The summed E-state index contributed by atoms with van der Waals surface area (Å²) >= 11 is 0. The Morgan fingerprint density at radius 1 is 0.800 bits per heavy atom. The van der Waals surface area contributed by atoms with Gasteiger partial charge in [0.1, 0.15) is 0 Å². The van der Waals surface area contributed by atoms with Gasteiger partial charge in [-0.3, -0.25) is 0 Å². The molecule has 3 heteroatoms. The maximum Gasteiger partial charge on any atom is 0.0459 e. The van der Waals surface area contributed by atoms with Gasteiger partial charge < -0.3 is 16.0 Å². The van der Waals surface area contributed by atoms with Crippen LogP contribution in [0.25, 0.3) is 10.9 Å². The van der Waals surface area contributed by atoms with Gasteiger partial charge in [0.15, 0.2) is 0 Å². The first-order valence-electron chi connectivity index (χ1n) is 13.3. The zero-order chi connectivity index (χ0) is 24.1. The van der Waals surface area contributed by atoms with E-state index in [1.165, 1.54) is 59.0 Å². The van der Waals surface area contributed by atoms with Gasteiger partial charge in [-0.15, -0.1) is 0 Å². The lowest BCUT2D eigenvalue weighted by Gasteiger charge is -2.47. The summed E-state index contributed by atoms with van der Waals surface area (Å²) in [6.45, 7) is 0.680. The minimum atomic E-state index is 0.0459. The lowest BCUT2D eigenvalue weighted by atomic mass is 9.61. The fraction of sp³-hybridized carbons (Fsp3) is 0.375. The van der Waals surface area contributed by atoms with Crippen LogP contribution < -0.4 is 11.1 Å². The van der Waals surface area contributed by atoms with Gasteiger partial charge in [0, 0.05) is 27.6 Å². The third-order valence-electron chi connectivity index (χ3n) is 8.57. The SMILES string of the molecule is CNC1(c2ccccc2)CCC(CCCc2ccccc2)(c2[nH]c3ccccc3c2CCN)CC1. The molecule has 1 aromatic heterocycles. The van der Waals surface area contributed by atoms with Crippen molar-refractivity contribution in [3.8, 4) is 0 Å². The van der Waals surface area contributed by atoms with E-state index in [0.717, 1.165) is 25.7 Å². The molecule has 1 aliphatic rings. The van der Waals surface area contributed by atoms with Crippen LogP contribution in [0.2, 0.25) is 0 Å². The second-order valence-corrected chi connectivity index (χ2v) is 10.4. The van der Waals surface area contributed by atoms with E-state index in [0.29, 0.717) is 6.54 Å². The molecule has 0 bridgehead atoms. The molecular formula is C32H39N3. The Bertz CT molecular complexity index is 1220. The van der Waals surface area contributed by atoms with Crippen molar-refractivity contribution in [1.82, 2.24) is 10.3 Å². The van der Waals surface area contributed by atoms with E-state index in [1.807, 2.05) is 0 Å². The van der Waals surface area contributed by atoms with E-state index < -0.39 is 0 Å². The zero-order valence-electron chi connectivity index (χ0n) is 21.0. The predicted molar refractivity (Wildman–Crippen MR) is 148 cm³/mol. The van der Waals surface area contributed by atoms with Crippen LogP contribution in [-0.4, -0.2) is 18.6 Å². The number of benzene rings is 3.